The summed E-state index contributed by atoms with van der Waals surface area (Å²) in [6.45, 7) is 13.9. The molecule has 0 saturated heterocycles. The average Bonchev–Trinajstić information content (AvgIpc) is 2.81. The molecular weight excluding hydrogens is 270 g/mol. The largest absolute Gasteiger partial charge is 0.372 e. The van der Waals surface area contributed by atoms with Crippen LogP contribution in [0.3, 0.4) is 0 Å². The number of aliphatic imine (C=N–C) groups is 1. The summed E-state index contributed by atoms with van der Waals surface area (Å²) in [6, 6.07) is 10.7. The van der Waals surface area contributed by atoms with Crippen LogP contribution < -0.4 is 4.90 Å². The molecule has 0 amide bonds. The Bertz CT molecular complexity index is 631. The van der Waals surface area contributed by atoms with Crippen molar-refractivity contribution in [3.8, 4) is 0 Å². The first-order valence-electron chi connectivity index (χ1n) is 8.16. The van der Waals surface area contributed by atoms with E-state index in [0.29, 0.717) is 0 Å². The molecule has 1 aromatic heterocycles. The van der Waals surface area contributed by atoms with Gasteiger partial charge < -0.3 is 9.47 Å². The molecule has 0 saturated carbocycles. The summed E-state index contributed by atoms with van der Waals surface area (Å²) in [7, 11) is 0. The Kier molecular flexibility index (Phi) is 5.42. The van der Waals surface area contributed by atoms with Crippen LogP contribution in [-0.2, 0) is 6.54 Å². The molecule has 3 heteroatoms. The summed E-state index contributed by atoms with van der Waals surface area (Å²) in [5.74, 6) is 0. The lowest BCUT2D eigenvalue weighted by Crippen LogP contribution is -2.21. The van der Waals surface area contributed by atoms with Gasteiger partial charge in [0.05, 0.1) is 5.69 Å². The number of anilines is 1. The van der Waals surface area contributed by atoms with Crippen LogP contribution in [0.5, 0.6) is 0 Å². The third kappa shape index (κ3) is 3.41. The van der Waals surface area contributed by atoms with Gasteiger partial charge in [-0.05, 0) is 65.0 Å². The lowest BCUT2D eigenvalue weighted by Gasteiger charge is -2.20. The second kappa shape index (κ2) is 7.30. The smallest absolute Gasteiger partial charge is 0.0631 e. The van der Waals surface area contributed by atoms with E-state index in [0.717, 1.165) is 25.3 Å². The van der Waals surface area contributed by atoms with Crippen LogP contribution in [0, 0.1) is 13.8 Å². The summed E-state index contributed by atoms with van der Waals surface area (Å²) in [4.78, 5) is 6.96. The Morgan fingerprint density at radius 3 is 2.18 bits per heavy atom. The fourth-order valence-corrected chi connectivity index (χ4v) is 2.93. The molecule has 3 nitrogen and oxygen atoms in total. The van der Waals surface area contributed by atoms with Crippen molar-refractivity contribution in [3.63, 3.8) is 0 Å². The normalized spacial score (nSPS) is 11.3. The van der Waals surface area contributed by atoms with Gasteiger partial charge in [-0.1, -0.05) is 0 Å². The minimum Gasteiger partial charge on any atom is -0.372 e. The van der Waals surface area contributed by atoms with Gasteiger partial charge in [-0.15, -0.1) is 0 Å². The molecule has 1 aromatic carbocycles. The lowest BCUT2D eigenvalue weighted by molar-refractivity contribution is 0.718. The number of aromatic nitrogens is 1. The first kappa shape index (κ1) is 16.3. The van der Waals surface area contributed by atoms with E-state index in [2.05, 4.69) is 79.4 Å². The maximum atomic E-state index is 4.62. The van der Waals surface area contributed by atoms with Crippen molar-refractivity contribution in [1.29, 1.82) is 0 Å². The van der Waals surface area contributed by atoms with Crippen LogP contribution >= 0.6 is 0 Å². The molecule has 0 aliphatic carbocycles. The highest BCUT2D eigenvalue weighted by atomic mass is 15.1. The van der Waals surface area contributed by atoms with Crippen molar-refractivity contribution in [2.24, 2.45) is 4.99 Å². The average molecular weight is 297 g/mol. The molecule has 22 heavy (non-hydrogen) atoms. The van der Waals surface area contributed by atoms with Gasteiger partial charge in [-0.25, -0.2) is 0 Å². The Morgan fingerprint density at radius 2 is 1.68 bits per heavy atom. The minimum atomic E-state index is 0.997. The second-order valence-corrected chi connectivity index (χ2v) is 5.52. The van der Waals surface area contributed by atoms with Crippen molar-refractivity contribution in [2.75, 3.05) is 18.0 Å². The van der Waals surface area contributed by atoms with Gasteiger partial charge in [-0.2, -0.15) is 0 Å². The van der Waals surface area contributed by atoms with E-state index in [-0.39, 0.29) is 0 Å². The number of aryl methyl sites for hydroxylation is 1. The standard InChI is InChI=1S/C19H27N3/c1-6-21(7-2)19-11-9-18(10-12-19)20-14-17-13-15(4)22(8-3)16(17)5/h9-14H,6-8H2,1-5H3. The summed E-state index contributed by atoms with van der Waals surface area (Å²) in [6.07, 6.45) is 1.97. The third-order valence-corrected chi connectivity index (χ3v) is 4.26. The molecule has 0 aliphatic heterocycles. The van der Waals surface area contributed by atoms with Crippen LogP contribution in [0.2, 0.25) is 0 Å². The highest BCUT2D eigenvalue weighted by Crippen LogP contribution is 2.20. The molecule has 118 valence electrons. The third-order valence-electron chi connectivity index (χ3n) is 4.26. The predicted octanol–water partition coefficient (Wildman–Crippen LogP) is 4.72. The Morgan fingerprint density at radius 1 is 1.05 bits per heavy atom. The minimum absolute atomic E-state index is 0.997. The fourth-order valence-electron chi connectivity index (χ4n) is 2.93. The van der Waals surface area contributed by atoms with E-state index in [4.69, 9.17) is 0 Å². The summed E-state index contributed by atoms with van der Waals surface area (Å²) in [5.41, 5.74) is 6.03. The molecule has 2 aromatic rings. The van der Waals surface area contributed by atoms with Crippen LogP contribution in [0.15, 0.2) is 35.3 Å². The van der Waals surface area contributed by atoms with Crippen LogP contribution in [-0.4, -0.2) is 23.9 Å². The first-order chi connectivity index (χ1) is 10.6. The highest BCUT2D eigenvalue weighted by molar-refractivity contribution is 5.84. The summed E-state index contributed by atoms with van der Waals surface area (Å²) >= 11 is 0. The summed E-state index contributed by atoms with van der Waals surface area (Å²) < 4.78 is 2.31. The van der Waals surface area contributed by atoms with Crippen molar-refractivity contribution in [2.45, 2.75) is 41.2 Å². The van der Waals surface area contributed by atoms with Gasteiger partial charge in [-0.3, -0.25) is 4.99 Å². The van der Waals surface area contributed by atoms with E-state index >= 15 is 0 Å². The number of hydrogen-bond donors (Lipinski definition) is 0. The molecule has 0 aliphatic rings. The maximum Gasteiger partial charge on any atom is 0.0631 e. The topological polar surface area (TPSA) is 20.5 Å². The number of rotatable bonds is 6. The van der Waals surface area contributed by atoms with Crippen molar-refractivity contribution in [1.82, 2.24) is 4.57 Å². The lowest BCUT2D eigenvalue weighted by atomic mass is 10.2. The van der Waals surface area contributed by atoms with E-state index in [1.807, 2.05) is 6.21 Å². The molecule has 2 rings (SSSR count). The Labute approximate surface area is 134 Å². The molecule has 0 atom stereocenters. The number of hydrogen-bond acceptors (Lipinski definition) is 2. The van der Waals surface area contributed by atoms with Crippen LogP contribution in [0.4, 0.5) is 11.4 Å². The van der Waals surface area contributed by atoms with Crippen LogP contribution in [0.25, 0.3) is 0 Å². The second-order valence-electron chi connectivity index (χ2n) is 5.52. The molecule has 0 radical (unpaired) electrons. The predicted molar refractivity (Wildman–Crippen MR) is 96.8 cm³/mol. The zero-order valence-corrected chi connectivity index (χ0v) is 14.4. The monoisotopic (exact) mass is 297 g/mol. The number of benzene rings is 1. The first-order valence-corrected chi connectivity index (χ1v) is 8.16. The molecular formula is C19H27N3. The quantitative estimate of drug-likeness (QED) is 0.706. The van der Waals surface area contributed by atoms with Gasteiger partial charge >= 0.3 is 0 Å². The zero-order valence-electron chi connectivity index (χ0n) is 14.4. The summed E-state index contributed by atoms with van der Waals surface area (Å²) in [5, 5.41) is 0. The van der Waals surface area contributed by atoms with E-state index in [1.54, 1.807) is 0 Å². The Hall–Kier alpha value is -2.03. The Balaban J connectivity index is 2.17. The van der Waals surface area contributed by atoms with E-state index in [9.17, 15) is 0 Å². The zero-order chi connectivity index (χ0) is 16.1. The van der Waals surface area contributed by atoms with Gasteiger partial charge in [0.1, 0.15) is 0 Å². The van der Waals surface area contributed by atoms with Crippen molar-refractivity contribution >= 4 is 17.6 Å². The number of nitrogens with zero attached hydrogens (tertiary/aromatic N) is 3. The SMILES string of the molecule is CCN(CC)c1ccc(N=Cc2cc(C)n(CC)c2C)cc1. The van der Waals surface area contributed by atoms with Crippen molar-refractivity contribution < 1.29 is 0 Å². The molecule has 0 bridgehead atoms. The molecule has 1 heterocycles. The van der Waals surface area contributed by atoms with E-state index < -0.39 is 0 Å². The van der Waals surface area contributed by atoms with Crippen molar-refractivity contribution in [3.05, 3.63) is 47.3 Å². The highest BCUT2D eigenvalue weighted by Gasteiger charge is 2.05. The van der Waals surface area contributed by atoms with Gasteiger partial charge in [0.15, 0.2) is 0 Å². The van der Waals surface area contributed by atoms with E-state index in [1.165, 1.54) is 22.6 Å². The van der Waals surface area contributed by atoms with Gasteiger partial charge in [0.25, 0.3) is 0 Å². The molecule has 0 fully saturated rings. The van der Waals surface area contributed by atoms with Crippen LogP contribution in [0.1, 0.15) is 37.7 Å². The molecule has 0 N–H and O–H groups in total. The molecule has 0 unspecified atom stereocenters. The van der Waals surface area contributed by atoms with Gasteiger partial charge in [0, 0.05) is 48.5 Å². The fraction of sp³-hybridized carbons (Fsp3) is 0.421. The molecule has 0 spiro atoms. The van der Waals surface area contributed by atoms with Gasteiger partial charge in [0.2, 0.25) is 0 Å². The maximum absolute atomic E-state index is 4.62.